The monoisotopic (exact) mass is 119 g/mol. The molecule has 1 amide bonds. The van der Waals surface area contributed by atoms with Gasteiger partial charge in [0.2, 0.25) is 0 Å². The lowest BCUT2D eigenvalue weighted by Crippen LogP contribution is -2.23. The molecular formula is C5H13NO2. The number of hydrogen-bond donors (Lipinski definition) is 1. The molecule has 0 aromatic carbocycles. The molecule has 0 bridgehead atoms. The normalized spacial score (nSPS) is 8.25. The number of hydrogen-bond acceptors (Lipinski definition) is 2. The Kier molecular flexibility index (Phi) is 4.03. The summed E-state index contributed by atoms with van der Waals surface area (Å²) in [6.45, 7) is 4.68. The molecule has 0 fully saturated rings. The van der Waals surface area contributed by atoms with E-state index in [0.717, 1.165) is 0 Å². The molecule has 1 N–H and O–H groups in total. The van der Waals surface area contributed by atoms with Crippen molar-refractivity contribution >= 4 is 6.09 Å². The van der Waals surface area contributed by atoms with E-state index in [1.165, 1.54) is 0 Å². The van der Waals surface area contributed by atoms with Gasteiger partial charge in [-0.2, -0.15) is 0 Å². The van der Waals surface area contributed by atoms with Gasteiger partial charge in [-0.05, 0) is 13.8 Å². The van der Waals surface area contributed by atoms with Gasteiger partial charge >= 0.3 is 6.09 Å². The van der Waals surface area contributed by atoms with Crippen LogP contribution in [-0.2, 0) is 4.74 Å². The standard InChI is InChI=1S/C5H11NO2.H2/c1-3-6-5(7)8-4-2;/h3-4H2,1-2H3,(H,6,7);1H. The Morgan fingerprint density at radius 3 is 2.75 bits per heavy atom. The molecule has 0 aliphatic heterocycles. The molecule has 50 valence electrons. The first kappa shape index (κ1) is 7.27. The van der Waals surface area contributed by atoms with Crippen molar-refractivity contribution in [2.24, 2.45) is 0 Å². The van der Waals surface area contributed by atoms with Crippen molar-refractivity contribution in [3.63, 3.8) is 0 Å². The van der Waals surface area contributed by atoms with Gasteiger partial charge in [0.05, 0.1) is 6.61 Å². The van der Waals surface area contributed by atoms with Gasteiger partial charge in [0, 0.05) is 7.97 Å². The summed E-state index contributed by atoms with van der Waals surface area (Å²) in [6.07, 6.45) is -0.338. The van der Waals surface area contributed by atoms with E-state index in [-0.39, 0.29) is 7.52 Å². The van der Waals surface area contributed by atoms with E-state index < -0.39 is 0 Å². The summed E-state index contributed by atoms with van der Waals surface area (Å²) < 4.78 is 4.53. The molecule has 0 spiro atoms. The van der Waals surface area contributed by atoms with Crippen molar-refractivity contribution in [3.8, 4) is 0 Å². The highest BCUT2D eigenvalue weighted by Crippen LogP contribution is 1.72. The Balaban J connectivity index is 0. The minimum Gasteiger partial charge on any atom is -0.450 e. The van der Waals surface area contributed by atoms with Crippen LogP contribution in [0.5, 0.6) is 0 Å². The number of rotatable bonds is 2. The van der Waals surface area contributed by atoms with Crippen molar-refractivity contribution in [2.45, 2.75) is 13.8 Å². The van der Waals surface area contributed by atoms with E-state index in [9.17, 15) is 4.79 Å². The first-order chi connectivity index (χ1) is 3.81. The summed E-state index contributed by atoms with van der Waals surface area (Å²) in [5.74, 6) is 0. The number of nitrogens with one attached hydrogen (secondary N) is 1. The minimum atomic E-state index is -0.338. The molecular weight excluding hydrogens is 106 g/mol. The molecule has 8 heavy (non-hydrogen) atoms. The van der Waals surface area contributed by atoms with Crippen LogP contribution in [0.2, 0.25) is 0 Å². The van der Waals surface area contributed by atoms with Gasteiger partial charge in [0.25, 0.3) is 0 Å². The predicted molar refractivity (Wildman–Crippen MR) is 32.8 cm³/mol. The van der Waals surface area contributed by atoms with Crippen LogP contribution < -0.4 is 5.32 Å². The van der Waals surface area contributed by atoms with Crippen LogP contribution >= 0.6 is 0 Å². The van der Waals surface area contributed by atoms with Crippen molar-refractivity contribution in [3.05, 3.63) is 0 Å². The Labute approximate surface area is 50.5 Å². The lowest BCUT2D eigenvalue weighted by Gasteiger charge is -1.99. The molecule has 0 heterocycles. The molecule has 0 saturated carbocycles. The molecule has 0 rings (SSSR count). The largest absolute Gasteiger partial charge is 0.450 e. The molecule has 0 aliphatic rings. The minimum absolute atomic E-state index is 0. The smallest absolute Gasteiger partial charge is 0.407 e. The van der Waals surface area contributed by atoms with Crippen LogP contribution in [0.1, 0.15) is 15.3 Å². The Morgan fingerprint density at radius 2 is 2.38 bits per heavy atom. The Hall–Kier alpha value is -0.730. The fourth-order valence-corrected chi connectivity index (χ4v) is 0.326. The van der Waals surface area contributed by atoms with E-state index in [1.807, 2.05) is 6.92 Å². The van der Waals surface area contributed by atoms with Gasteiger partial charge in [0.15, 0.2) is 0 Å². The van der Waals surface area contributed by atoms with Gasteiger partial charge < -0.3 is 10.1 Å². The average Bonchev–Trinajstić information content (AvgIpc) is 1.68. The highest BCUT2D eigenvalue weighted by atomic mass is 16.5. The lowest BCUT2D eigenvalue weighted by atomic mass is 10.7. The van der Waals surface area contributed by atoms with E-state index >= 15 is 0 Å². The average molecular weight is 119 g/mol. The molecule has 0 aromatic rings. The fourth-order valence-electron chi connectivity index (χ4n) is 0.326. The molecule has 0 saturated heterocycles. The zero-order valence-electron chi connectivity index (χ0n) is 5.23. The highest BCUT2D eigenvalue weighted by molar-refractivity contribution is 5.66. The van der Waals surface area contributed by atoms with Crippen LogP contribution in [0, 0.1) is 0 Å². The highest BCUT2D eigenvalue weighted by Gasteiger charge is 1.92. The zero-order valence-corrected chi connectivity index (χ0v) is 5.23. The topological polar surface area (TPSA) is 38.3 Å². The summed E-state index contributed by atoms with van der Waals surface area (Å²) in [4.78, 5) is 10.3. The van der Waals surface area contributed by atoms with Crippen LogP contribution in [-0.4, -0.2) is 19.2 Å². The third-order valence-corrected chi connectivity index (χ3v) is 0.597. The molecule has 3 nitrogen and oxygen atoms in total. The van der Waals surface area contributed by atoms with E-state index in [2.05, 4.69) is 10.1 Å². The molecule has 0 atom stereocenters. The van der Waals surface area contributed by atoms with Crippen LogP contribution in [0.25, 0.3) is 0 Å². The van der Waals surface area contributed by atoms with Gasteiger partial charge in [-0.15, -0.1) is 0 Å². The molecule has 3 heteroatoms. The summed E-state index contributed by atoms with van der Waals surface area (Å²) in [5.41, 5.74) is 0. The summed E-state index contributed by atoms with van der Waals surface area (Å²) >= 11 is 0. The molecule has 0 unspecified atom stereocenters. The maximum atomic E-state index is 10.3. The number of ether oxygens (including phenoxy) is 1. The van der Waals surface area contributed by atoms with Crippen LogP contribution in [0.4, 0.5) is 4.79 Å². The van der Waals surface area contributed by atoms with Crippen LogP contribution in [0.3, 0.4) is 0 Å². The molecule has 0 radical (unpaired) electrons. The van der Waals surface area contributed by atoms with E-state index in [4.69, 9.17) is 0 Å². The summed E-state index contributed by atoms with van der Waals surface area (Å²) in [5, 5.41) is 2.49. The van der Waals surface area contributed by atoms with Gasteiger partial charge in [-0.3, -0.25) is 0 Å². The predicted octanol–water partition coefficient (Wildman–Crippen LogP) is 0.998. The van der Waals surface area contributed by atoms with Gasteiger partial charge in [-0.1, -0.05) is 0 Å². The van der Waals surface area contributed by atoms with E-state index in [1.54, 1.807) is 6.92 Å². The van der Waals surface area contributed by atoms with Gasteiger partial charge in [0.1, 0.15) is 0 Å². The third-order valence-electron chi connectivity index (χ3n) is 0.597. The second kappa shape index (κ2) is 4.43. The third kappa shape index (κ3) is 3.46. The summed E-state index contributed by atoms with van der Waals surface area (Å²) in [6, 6.07) is 0. The SMILES string of the molecule is CCNC(=O)OCC.[HH]. The second-order valence-corrected chi connectivity index (χ2v) is 1.25. The van der Waals surface area contributed by atoms with Gasteiger partial charge in [-0.25, -0.2) is 4.79 Å². The van der Waals surface area contributed by atoms with Crippen LogP contribution in [0.15, 0.2) is 0 Å². The number of amides is 1. The quantitative estimate of drug-likeness (QED) is 0.588. The maximum absolute atomic E-state index is 10.3. The number of carbonyl (C=O) groups is 1. The van der Waals surface area contributed by atoms with Crippen molar-refractivity contribution in [1.82, 2.24) is 5.32 Å². The Bertz CT molecular complexity index is 69.4. The summed E-state index contributed by atoms with van der Waals surface area (Å²) in [7, 11) is 0. The first-order valence-electron chi connectivity index (χ1n) is 2.71. The maximum Gasteiger partial charge on any atom is 0.407 e. The first-order valence-corrected chi connectivity index (χ1v) is 2.71. The number of alkyl carbamates (subject to hydrolysis) is 1. The van der Waals surface area contributed by atoms with E-state index in [0.29, 0.717) is 13.2 Å². The van der Waals surface area contributed by atoms with Crippen molar-refractivity contribution in [1.29, 1.82) is 0 Å². The zero-order chi connectivity index (χ0) is 6.41. The lowest BCUT2D eigenvalue weighted by molar-refractivity contribution is 0.153. The molecule has 0 aromatic heterocycles. The second-order valence-electron chi connectivity index (χ2n) is 1.25. The van der Waals surface area contributed by atoms with Crippen molar-refractivity contribution < 1.29 is 11.0 Å². The Morgan fingerprint density at radius 1 is 1.75 bits per heavy atom. The fraction of sp³-hybridized carbons (Fsp3) is 0.800. The number of carbonyl (C=O) groups excluding carboxylic acids is 1. The molecule has 0 aliphatic carbocycles. The van der Waals surface area contributed by atoms with Crippen molar-refractivity contribution in [2.75, 3.05) is 13.2 Å².